The van der Waals surface area contributed by atoms with E-state index in [1.54, 1.807) is 11.3 Å². The van der Waals surface area contributed by atoms with Gasteiger partial charge in [-0.1, -0.05) is 31.1 Å². The third kappa shape index (κ3) is 2.79. The number of aliphatic hydroxyl groups is 1. The van der Waals surface area contributed by atoms with Crippen LogP contribution in [0.25, 0.3) is 0 Å². The lowest BCUT2D eigenvalue weighted by atomic mass is 9.93. The fourth-order valence-corrected chi connectivity index (χ4v) is 4.52. The molecule has 0 aromatic carbocycles. The molecular weight excluding hydrogens is 256 g/mol. The summed E-state index contributed by atoms with van der Waals surface area (Å²) in [5.41, 5.74) is 1.16. The number of hydrogen-bond acceptors (Lipinski definition) is 4. The van der Waals surface area contributed by atoms with Crippen LogP contribution in [0.1, 0.15) is 62.1 Å². The van der Waals surface area contributed by atoms with Crippen LogP contribution in [0.15, 0.2) is 0 Å². The molecule has 1 aliphatic carbocycles. The van der Waals surface area contributed by atoms with E-state index in [9.17, 15) is 5.11 Å². The Morgan fingerprint density at radius 2 is 2.11 bits per heavy atom. The lowest BCUT2D eigenvalue weighted by Crippen LogP contribution is -2.33. The highest BCUT2D eigenvalue weighted by atomic mass is 32.1. The lowest BCUT2D eigenvalue weighted by Gasteiger charge is -2.31. The summed E-state index contributed by atoms with van der Waals surface area (Å²) in [5, 5.41) is 11.2. The Hall–Kier alpha value is -0.610. The van der Waals surface area contributed by atoms with Crippen molar-refractivity contribution >= 4 is 16.5 Å². The van der Waals surface area contributed by atoms with Crippen LogP contribution in [-0.2, 0) is 6.42 Å². The molecule has 4 heteroatoms. The number of aliphatic hydroxyl groups excluding tert-OH is 1. The molecule has 1 unspecified atom stereocenters. The largest absolute Gasteiger partial charge is 0.388 e. The van der Waals surface area contributed by atoms with Crippen molar-refractivity contribution in [2.45, 2.75) is 58.0 Å². The number of fused-ring (bicyclic) bond motifs is 1. The molecule has 0 radical (unpaired) electrons. The first-order valence-corrected chi connectivity index (χ1v) is 8.52. The number of piperidine rings is 1. The van der Waals surface area contributed by atoms with Gasteiger partial charge in [-0.3, -0.25) is 0 Å². The monoisotopic (exact) mass is 280 g/mol. The van der Waals surface area contributed by atoms with Gasteiger partial charge in [-0.05, 0) is 38.0 Å². The smallest absolute Gasteiger partial charge is 0.185 e. The maximum atomic E-state index is 10.0. The Kier molecular flexibility index (Phi) is 4.08. The summed E-state index contributed by atoms with van der Waals surface area (Å²) < 4.78 is 0. The van der Waals surface area contributed by atoms with Crippen LogP contribution >= 0.6 is 11.3 Å². The first-order valence-electron chi connectivity index (χ1n) is 7.70. The number of rotatable bonds is 3. The maximum Gasteiger partial charge on any atom is 0.185 e. The summed E-state index contributed by atoms with van der Waals surface area (Å²) in [6.07, 6.45) is 8.08. The summed E-state index contributed by atoms with van der Waals surface area (Å²) in [4.78, 5) is 8.35. The molecule has 106 valence electrons. The highest BCUT2D eigenvalue weighted by Crippen LogP contribution is 2.38. The van der Waals surface area contributed by atoms with Gasteiger partial charge in [0.2, 0.25) is 0 Å². The van der Waals surface area contributed by atoms with Crippen molar-refractivity contribution in [2.24, 2.45) is 5.92 Å². The lowest BCUT2D eigenvalue weighted by molar-refractivity contribution is 0.160. The summed E-state index contributed by atoms with van der Waals surface area (Å²) >= 11 is 1.73. The number of nitrogens with zero attached hydrogens (tertiary/aromatic N) is 2. The zero-order valence-electron chi connectivity index (χ0n) is 11.8. The predicted octanol–water partition coefficient (Wildman–Crippen LogP) is 3.53. The van der Waals surface area contributed by atoms with Crippen molar-refractivity contribution in [2.75, 3.05) is 18.0 Å². The van der Waals surface area contributed by atoms with Gasteiger partial charge in [0.25, 0.3) is 0 Å². The summed E-state index contributed by atoms with van der Waals surface area (Å²) in [6, 6.07) is 0. The normalized spacial score (nSPS) is 24.5. The van der Waals surface area contributed by atoms with Gasteiger partial charge in [0, 0.05) is 13.1 Å². The van der Waals surface area contributed by atoms with Crippen molar-refractivity contribution in [3.05, 3.63) is 10.6 Å². The first-order chi connectivity index (χ1) is 9.28. The van der Waals surface area contributed by atoms with Crippen LogP contribution in [0.4, 0.5) is 5.13 Å². The number of aryl methyl sites for hydroxylation is 1. The van der Waals surface area contributed by atoms with E-state index in [2.05, 4.69) is 11.8 Å². The average Bonchev–Trinajstić information content (AvgIpc) is 2.85. The van der Waals surface area contributed by atoms with E-state index in [0.29, 0.717) is 0 Å². The summed E-state index contributed by atoms with van der Waals surface area (Å²) in [5.74, 6) is 0.918. The van der Waals surface area contributed by atoms with Gasteiger partial charge in [0.1, 0.15) is 0 Å². The third-order valence-corrected chi connectivity index (χ3v) is 5.75. The second-order valence-electron chi connectivity index (χ2n) is 5.93. The van der Waals surface area contributed by atoms with Crippen molar-refractivity contribution in [1.29, 1.82) is 0 Å². The minimum absolute atomic E-state index is 0.257. The van der Waals surface area contributed by atoms with Crippen LogP contribution in [0.3, 0.4) is 0 Å². The quantitative estimate of drug-likeness (QED) is 0.920. The molecule has 2 aliphatic rings. The molecule has 2 heterocycles. The van der Waals surface area contributed by atoms with E-state index in [4.69, 9.17) is 4.98 Å². The number of aromatic nitrogens is 1. The highest BCUT2D eigenvalue weighted by molar-refractivity contribution is 7.15. The minimum Gasteiger partial charge on any atom is -0.388 e. The van der Waals surface area contributed by atoms with Gasteiger partial charge in [-0.15, -0.1) is 0 Å². The average molecular weight is 280 g/mol. The van der Waals surface area contributed by atoms with Gasteiger partial charge < -0.3 is 10.0 Å². The maximum absolute atomic E-state index is 10.0. The topological polar surface area (TPSA) is 36.4 Å². The van der Waals surface area contributed by atoms with Crippen molar-refractivity contribution in [3.63, 3.8) is 0 Å². The summed E-state index contributed by atoms with van der Waals surface area (Å²) in [6.45, 7) is 4.57. The standard InChI is InChI=1S/C15H24N2OS/c1-2-4-11-7-9-17(10-8-11)15-16-12-5-3-6-13(18)14(12)19-15/h11,13,18H,2-10H2,1H3. The fraction of sp³-hybridized carbons (Fsp3) is 0.800. The van der Waals surface area contributed by atoms with Gasteiger partial charge in [-0.25, -0.2) is 4.98 Å². The highest BCUT2D eigenvalue weighted by Gasteiger charge is 2.26. The molecule has 1 atom stereocenters. The number of anilines is 1. The molecule has 1 N–H and O–H groups in total. The summed E-state index contributed by atoms with van der Waals surface area (Å²) in [7, 11) is 0. The Bertz CT molecular complexity index is 424. The zero-order valence-corrected chi connectivity index (χ0v) is 12.6. The fourth-order valence-electron chi connectivity index (χ4n) is 3.34. The van der Waals surface area contributed by atoms with E-state index in [1.165, 1.54) is 25.7 Å². The van der Waals surface area contributed by atoms with Gasteiger partial charge in [-0.2, -0.15) is 0 Å². The van der Waals surface area contributed by atoms with Crippen molar-refractivity contribution in [3.8, 4) is 0 Å². The Morgan fingerprint density at radius 1 is 1.32 bits per heavy atom. The zero-order chi connectivity index (χ0) is 13.2. The van der Waals surface area contributed by atoms with E-state index in [0.717, 1.165) is 54.0 Å². The van der Waals surface area contributed by atoms with Crippen molar-refractivity contribution < 1.29 is 5.11 Å². The SMILES string of the molecule is CCCC1CCN(c2nc3c(s2)C(O)CCC3)CC1. The molecule has 1 aliphatic heterocycles. The van der Waals surface area contributed by atoms with E-state index >= 15 is 0 Å². The molecule has 3 rings (SSSR count). The Morgan fingerprint density at radius 3 is 2.79 bits per heavy atom. The van der Waals surface area contributed by atoms with Crippen molar-refractivity contribution in [1.82, 2.24) is 4.98 Å². The molecule has 3 nitrogen and oxygen atoms in total. The van der Waals surface area contributed by atoms with Gasteiger partial charge >= 0.3 is 0 Å². The van der Waals surface area contributed by atoms with Crippen LogP contribution in [0.5, 0.6) is 0 Å². The molecule has 1 aromatic heterocycles. The molecule has 0 spiro atoms. The molecule has 1 fully saturated rings. The molecule has 1 saturated heterocycles. The van der Waals surface area contributed by atoms with Crippen LogP contribution in [0, 0.1) is 5.92 Å². The van der Waals surface area contributed by atoms with Gasteiger partial charge in [0.15, 0.2) is 5.13 Å². The second kappa shape index (κ2) is 5.80. The molecule has 1 aromatic rings. The second-order valence-corrected chi connectivity index (χ2v) is 6.94. The predicted molar refractivity (Wildman–Crippen MR) is 79.9 cm³/mol. The van der Waals surface area contributed by atoms with E-state index in [1.807, 2.05) is 0 Å². The molecular formula is C15H24N2OS. The van der Waals surface area contributed by atoms with Crippen LogP contribution in [-0.4, -0.2) is 23.2 Å². The molecule has 0 bridgehead atoms. The molecule has 19 heavy (non-hydrogen) atoms. The van der Waals surface area contributed by atoms with Gasteiger partial charge in [0.05, 0.1) is 16.7 Å². The first kappa shape index (κ1) is 13.4. The third-order valence-electron chi connectivity index (χ3n) is 4.49. The number of thiazole rings is 1. The van der Waals surface area contributed by atoms with E-state index < -0.39 is 0 Å². The Balaban J connectivity index is 1.67. The minimum atomic E-state index is -0.257. The molecule has 0 saturated carbocycles. The van der Waals surface area contributed by atoms with E-state index in [-0.39, 0.29) is 6.10 Å². The number of hydrogen-bond donors (Lipinski definition) is 1. The molecule has 0 amide bonds. The Labute approximate surface area is 119 Å². The van der Waals surface area contributed by atoms with Crippen LogP contribution in [0.2, 0.25) is 0 Å². The van der Waals surface area contributed by atoms with Crippen LogP contribution < -0.4 is 4.90 Å².